The molecule has 1 fully saturated rings. The second kappa shape index (κ2) is 9.51. The van der Waals surface area contributed by atoms with Gasteiger partial charge in [0.15, 0.2) is 9.84 Å². The summed E-state index contributed by atoms with van der Waals surface area (Å²) in [4.78, 5) is 19.3. The van der Waals surface area contributed by atoms with E-state index in [-0.39, 0.29) is 17.0 Å². The smallest absolute Gasteiger partial charge is 0.417 e. The number of benzene rings is 1. The average molecular weight is 524 g/mol. The molecule has 1 aliphatic carbocycles. The monoisotopic (exact) mass is 523 g/mol. The van der Waals surface area contributed by atoms with E-state index in [1.165, 1.54) is 24.3 Å². The number of pyridine rings is 1. The highest BCUT2D eigenvalue weighted by Crippen LogP contribution is 2.37. The third-order valence-corrected chi connectivity index (χ3v) is 9.00. The predicted octanol–water partition coefficient (Wildman–Crippen LogP) is 4.10. The van der Waals surface area contributed by atoms with Crippen LogP contribution in [0.2, 0.25) is 0 Å². The van der Waals surface area contributed by atoms with Gasteiger partial charge in [-0.25, -0.2) is 13.4 Å². The summed E-state index contributed by atoms with van der Waals surface area (Å²) in [6, 6.07) is 6.40. The van der Waals surface area contributed by atoms with Crippen LogP contribution in [0.3, 0.4) is 0 Å². The summed E-state index contributed by atoms with van der Waals surface area (Å²) >= 11 is 0. The highest BCUT2D eigenvalue weighted by atomic mass is 32.2. The standard InChI is InChI=1S/C25H28F3N3O4S/c1-4-23(36(34,35)19-8-5-17-6-9-20(24(32)33)21(17)11-19)31-15(2)13-30(14-16(31)3)22-10-7-18(12-29-22)25(26,27)28/h4-5,7-8,10-12,15-16,20,23H,1,6,9,13-14H2,2-3H3,(H,32,33). The van der Waals surface area contributed by atoms with Crippen LogP contribution in [0.1, 0.15) is 42.9 Å². The van der Waals surface area contributed by atoms with Crippen molar-refractivity contribution < 1.29 is 31.5 Å². The Morgan fingerprint density at radius 1 is 1.19 bits per heavy atom. The van der Waals surface area contributed by atoms with Crippen molar-refractivity contribution in [2.75, 3.05) is 18.0 Å². The van der Waals surface area contributed by atoms with Gasteiger partial charge in [-0.3, -0.25) is 9.69 Å². The van der Waals surface area contributed by atoms with Gasteiger partial charge < -0.3 is 10.0 Å². The highest BCUT2D eigenvalue weighted by molar-refractivity contribution is 7.92. The summed E-state index contributed by atoms with van der Waals surface area (Å²) in [6.07, 6.45) is -1.28. The largest absolute Gasteiger partial charge is 0.481 e. The Morgan fingerprint density at radius 2 is 1.86 bits per heavy atom. The Kier molecular flexibility index (Phi) is 6.91. The first-order valence-corrected chi connectivity index (χ1v) is 13.2. The zero-order valence-corrected chi connectivity index (χ0v) is 20.8. The molecule has 1 saturated heterocycles. The molecule has 2 heterocycles. The first-order valence-electron chi connectivity index (χ1n) is 11.6. The molecule has 2 aromatic rings. The van der Waals surface area contributed by atoms with Crippen LogP contribution in [-0.4, -0.2) is 59.9 Å². The van der Waals surface area contributed by atoms with Crippen LogP contribution in [0.5, 0.6) is 0 Å². The molecule has 1 aromatic carbocycles. The molecule has 0 saturated carbocycles. The van der Waals surface area contributed by atoms with Crippen molar-refractivity contribution >= 4 is 21.6 Å². The van der Waals surface area contributed by atoms with E-state index in [1.807, 2.05) is 23.6 Å². The molecule has 4 unspecified atom stereocenters. The third-order valence-electron chi connectivity index (χ3n) is 7.02. The molecule has 2 aliphatic rings. The molecule has 1 N–H and O–H groups in total. The molecule has 0 amide bonds. The van der Waals surface area contributed by atoms with Crippen molar-refractivity contribution in [1.82, 2.24) is 9.88 Å². The van der Waals surface area contributed by atoms with E-state index < -0.39 is 38.8 Å². The summed E-state index contributed by atoms with van der Waals surface area (Å²) in [7, 11) is -3.94. The number of carbonyl (C=O) groups is 1. The van der Waals surface area contributed by atoms with E-state index in [4.69, 9.17) is 0 Å². The van der Waals surface area contributed by atoms with E-state index in [0.29, 0.717) is 37.3 Å². The van der Waals surface area contributed by atoms with E-state index in [9.17, 15) is 31.5 Å². The van der Waals surface area contributed by atoms with Gasteiger partial charge in [0.25, 0.3) is 0 Å². The Labute approximate surface area is 208 Å². The van der Waals surface area contributed by atoms with Gasteiger partial charge in [0.1, 0.15) is 11.2 Å². The number of alkyl halides is 3. The SMILES string of the molecule is C=CC(N1C(C)CN(c2ccc(C(F)(F)F)cn2)CC1C)S(=O)(=O)c1ccc2c(c1)C(C(=O)O)CC2. The molecular formula is C25H28F3N3O4S. The minimum Gasteiger partial charge on any atom is -0.481 e. The maximum Gasteiger partial charge on any atom is 0.417 e. The lowest BCUT2D eigenvalue weighted by Crippen LogP contribution is -2.61. The topological polar surface area (TPSA) is 90.8 Å². The first kappa shape index (κ1) is 26.2. The second-order valence-corrected chi connectivity index (χ2v) is 11.5. The molecule has 0 spiro atoms. The van der Waals surface area contributed by atoms with Gasteiger partial charge in [0.2, 0.25) is 0 Å². The molecule has 1 aliphatic heterocycles. The maximum atomic E-state index is 13.7. The zero-order chi connectivity index (χ0) is 26.4. The van der Waals surface area contributed by atoms with E-state index in [1.54, 1.807) is 6.07 Å². The maximum absolute atomic E-state index is 13.7. The molecular weight excluding hydrogens is 495 g/mol. The fourth-order valence-corrected chi connectivity index (χ4v) is 7.14. The molecule has 36 heavy (non-hydrogen) atoms. The van der Waals surface area contributed by atoms with Crippen LogP contribution in [0, 0.1) is 0 Å². The van der Waals surface area contributed by atoms with Crippen LogP contribution >= 0.6 is 0 Å². The number of aromatic nitrogens is 1. The number of sulfone groups is 1. The summed E-state index contributed by atoms with van der Waals surface area (Å²) < 4.78 is 66.1. The number of rotatable bonds is 6. The van der Waals surface area contributed by atoms with Crippen LogP contribution in [0.4, 0.5) is 19.0 Å². The summed E-state index contributed by atoms with van der Waals surface area (Å²) in [5.74, 6) is -1.31. The van der Waals surface area contributed by atoms with Gasteiger partial charge in [-0.2, -0.15) is 13.2 Å². The normalized spacial score (nSPS) is 23.8. The second-order valence-electron chi connectivity index (χ2n) is 9.41. The number of carboxylic acid groups (broad SMARTS) is 1. The van der Waals surface area contributed by atoms with E-state index in [0.717, 1.165) is 17.8 Å². The Hall–Kier alpha value is -2.92. The molecule has 7 nitrogen and oxygen atoms in total. The number of aliphatic carboxylic acids is 1. The number of hydrogen-bond donors (Lipinski definition) is 1. The molecule has 4 atom stereocenters. The molecule has 1 aromatic heterocycles. The Balaban J connectivity index is 1.58. The fourth-order valence-electron chi connectivity index (χ4n) is 5.33. The van der Waals surface area contributed by atoms with Crippen molar-refractivity contribution in [3.8, 4) is 0 Å². The number of carboxylic acids is 1. The minimum atomic E-state index is -4.47. The lowest BCUT2D eigenvalue weighted by Gasteiger charge is -2.47. The van der Waals surface area contributed by atoms with Crippen LogP contribution in [0.25, 0.3) is 0 Å². The van der Waals surface area contributed by atoms with Crippen molar-refractivity contribution in [2.45, 2.75) is 61.1 Å². The van der Waals surface area contributed by atoms with Gasteiger partial charge in [-0.1, -0.05) is 12.1 Å². The predicted molar refractivity (Wildman–Crippen MR) is 129 cm³/mol. The van der Waals surface area contributed by atoms with Crippen molar-refractivity contribution in [3.05, 3.63) is 65.9 Å². The average Bonchev–Trinajstić information content (AvgIpc) is 3.24. The molecule has 11 heteroatoms. The lowest BCUT2D eigenvalue weighted by atomic mass is 10.0. The Morgan fingerprint density at radius 3 is 2.39 bits per heavy atom. The minimum absolute atomic E-state index is 0.0468. The van der Waals surface area contributed by atoms with Gasteiger partial charge in [-0.05, 0) is 62.1 Å². The fraction of sp³-hybridized carbons (Fsp3) is 0.440. The first-order chi connectivity index (χ1) is 16.8. The number of aryl methyl sites for hydroxylation is 1. The van der Waals surface area contributed by atoms with Crippen molar-refractivity contribution in [1.29, 1.82) is 0 Å². The summed E-state index contributed by atoms with van der Waals surface area (Å²) in [6.45, 7) is 8.18. The van der Waals surface area contributed by atoms with Gasteiger partial charge in [0.05, 0.1) is 16.4 Å². The van der Waals surface area contributed by atoms with E-state index in [2.05, 4.69) is 11.6 Å². The number of piperazine rings is 1. The zero-order valence-electron chi connectivity index (χ0n) is 19.9. The van der Waals surface area contributed by atoms with Crippen LogP contribution in [-0.2, 0) is 27.2 Å². The van der Waals surface area contributed by atoms with Gasteiger partial charge in [-0.15, -0.1) is 6.58 Å². The molecule has 4 rings (SSSR count). The van der Waals surface area contributed by atoms with E-state index >= 15 is 0 Å². The summed E-state index contributed by atoms with van der Waals surface area (Å²) in [5, 5.41) is 8.45. The molecule has 194 valence electrons. The number of fused-ring (bicyclic) bond motifs is 1. The molecule has 0 radical (unpaired) electrons. The summed E-state index contributed by atoms with van der Waals surface area (Å²) in [5.41, 5.74) is 0.546. The van der Waals surface area contributed by atoms with Gasteiger partial charge in [0, 0.05) is 31.4 Å². The van der Waals surface area contributed by atoms with Crippen molar-refractivity contribution in [2.24, 2.45) is 0 Å². The molecule has 0 bridgehead atoms. The van der Waals surface area contributed by atoms with Crippen molar-refractivity contribution in [3.63, 3.8) is 0 Å². The number of anilines is 1. The number of halogens is 3. The number of nitrogens with zero attached hydrogens (tertiary/aromatic N) is 3. The van der Waals surface area contributed by atoms with Crippen LogP contribution < -0.4 is 4.90 Å². The van der Waals surface area contributed by atoms with Gasteiger partial charge >= 0.3 is 12.1 Å². The van der Waals surface area contributed by atoms with Crippen LogP contribution in [0.15, 0.2) is 54.1 Å². The third kappa shape index (κ3) is 4.73. The Bertz CT molecular complexity index is 1250. The highest BCUT2D eigenvalue weighted by Gasteiger charge is 2.41. The quantitative estimate of drug-likeness (QED) is 0.570. The lowest BCUT2D eigenvalue weighted by molar-refractivity contribution is -0.139. The number of hydrogen-bond acceptors (Lipinski definition) is 6.